The lowest BCUT2D eigenvalue weighted by atomic mass is 10.0. The zero-order chi connectivity index (χ0) is 16.9. The summed E-state index contributed by atoms with van der Waals surface area (Å²) in [6.07, 6.45) is 0. The van der Waals surface area contributed by atoms with Crippen LogP contribution in [0, 0.1) is 0 Å². The summed E-state index contributed by atoms with van der Waals surface area (Å²) >= 11 is 0. The number of carboxylic acid groups (broad SMARTS) is 1. The second-order valence-electron chi connectivity index (χ2n) is 6.83. The van der Waals surface area contributed by atoms with Crippen molar-refractivity contribution in [1.29, 1.82) is 0 Å². The number of nitrogens with zero attached hydrogens (tertiary/aromatic N) is 1. The molecule has 0 aliphatic heterocycles. The highest BCUT2D eigenvalue weighted by Gasteiger charge is 2.26. The van der Waals surface area contributed by atoms with Crippen LogP contribution in [0.4, 0.5) is 0 Å². The maximum atomic E-state index is 11.7. The predicted molar refractivity (Wildman–Crippen MR) is 98.1 cm³/mol. The Hall–Kier alpha value is -2.20. The highest BCUT2D eigenvalue weighted by molar-refractivity contribution is 6.76. The molecule has 0 fully saturated rings. The Bertz CT molecular complexity index is 634. The van der Waals surface area contributed by atoms with E-state index in [0.717, 1.165) is 16.8 Å². The molecule has 0 saturated heterocycles. The van der Waals surface area contributed by atoms with Crippen LogP contribution in [0.15, 0.2) is 65.7 Å². The number of carboxylic acids is 1. The number of hydrogen-bond donors (Lipinski definition) is 1. The van der Waals surface area contributed by atoms with Crippen LogP contribution in [-0.4, -0.2) is 30.9 Å². The van der Waals surface area contributed by atoms with Gasteiger partial charge in [0.25, 0.3) is 0 Å². The van der Waals surface area contributed by atoms with Crippen LogP contribution >= 0.6 is 0 Å². The molecular weight excluding hydrogens is 302 g/mol. The zero-order valence-corrected chi connectivity index (χ0v) is 14.9. The van der Waals surface area contributed by atoms with E-state index in [0.29, 0.717) is 6.04 Å². The Balaban J connectivity index is 2.49. The van der Waals surface area contributed by atoms with E-state index in [1.54, 1.807) is 0 Å². The summed E-state index contributed by atoms with van der Waals surface area (Å²) in [5, 5.41) is 9.59. The fraction of sp³-hybridized carbons (Fsp3) is 0.263. The van der Waals surface area contributed by atoms with Gasteiger partial charge in [0.15, 0.2) is 0 Å². The molecule has 0 unspecified atom stereocenters. The molecule has 0 spiro atoms. The fourth-order valence-electron chi connectivity index (χ4n) is 2.43. The summed E-state index contributed by atoms with van der Waals surface area (Å²) in [5.74, 6) is -0.850. The van der Waals surface area contributed by atoms with Crippen LogP contribution in [0.2, 0.25) is 25.7 Å². The Morgan fingerprint density at radius 1 is 0.957 bits per heavy atom. The number of carbonyl (C=O) groups is 1. The number of hydrogen-bond acceptors (Lipinski definition) is 2. The first kappa shape index (κ1) is 17.2. The van der Waals surface area contributed by atoms with Crippen molar-refractivity contribution in [1.82, 2.24) is 0 Å². The molecule has 2 aromatic rings. The minimum absolute atomic E-state index is 0.630. The van der Waals surface area contributed by atoms with E-state index < -0.39 is 20.1 Å². The Morgan fingerprint density at radius 3 is 1.74 bits per heavy atom. The van der Waals surface area contributed by atoms with Gasteiger partial charge >= 0.3 is 5.97 Å². The molecule has 2 rings (SSSR count). The molecule has 0 amide bonds. The lowest BCUT2D eigenvalue weighted by molar-refractivity contribution is -0.138. The average molecular weight is 325 g/mol. The van der Waals surface area contributed by atoms with E-state index in [1.165, 1.54) is 0 Å². The van der Waals surface area contributed by atoms with E-state index in [1.807, 2.05) is 60.7 Å². The lowest BCUT2D eigenvalue weighted by Gasteiger charge is -2.20. The third-order valence-corrected chi connectivity index (χ3v) is 5.08. The van der Waals surface area contributed by atoms with E-state index in [4.69, 9.17) is 0 Å². The largest absolute Gasteiger partial charge is 0.480 e. The van der Waals surface area contributed by atoms with Gasteiger partial charge in [0.2, 0.25) is 0 Å². The summed E-state index contributed by atoms with van der Waals surface area (Å²) in [6, 6.07) is 19.5. The van der Waals surface area contributed by atoms with E-state index in [9.17, 15) is 9.90 Å². The third-order valence-electron chi connectivity index (χ3n) is 3.47. The molecule has 0 radical (unpaired) electrons. The van der Waals surface area contributed by atoms with Gasteiger partial charge in [-0.3, -0.25) is 4.99 Å². The Morgan fingerprint density at radius 2 is 1.39 bits per heavy atom. The van der Waals surface area contributed by atoms with Gasteiger partial charge in [-0.15, -0.1) is 0 Å². The third kappa shape index (κ3) is 5.18. The van der Waals surface area contributed by atoms with Crippen molar-refractivity contribution in [2.24, 2.45) is 4.99 Å². The van der Waals surface area contributed by atoms with Gasteiger partial charge in [-0.25, -0.2) is 4.79 Å². The van der Waals surface area contributed by atoms with Crippen molar-refractivity contribution in [2.45, 2.75) is 31.7 Å². The van der Waals surface area contributed by atoms with E-state index in [-0.39, 0.29) is 0 Å². The number of aliphatic carboxylic acids is 1. The van der Waals surface area contributed by atoms with E-state index in [2.05, 4.69) is 24.6 Å². The second kappa shape index (κ2) is 7.37. The topological polar surface area (TPSA) is 49.7 Å². The monoisotopic (exact) mass is 325 g/mol. The van der Waals surface area contributed by atoms with Gasteiger partial charge in [0.1, 0.15) is 6.04 Å². The summed E-state index contributed by atoms with van der Waals surface area (Å²) in [6.45, 7) is 6.51. The molecule has 1 N–H and O–H groups in total. The van der Waals surface area contributed by atoms with Gasteiger partial charge in [-0.05, 0) is 6.04 Å². The quantitative estimate of drug-likeness (QED) is 0.635. The molecule has 0 aliphatic carbocycles. The van der Waals surface area contributed by atoms with Crippen molar-refractivity contribution >= 4 is 19.8 Å². The molecular formula is C19H23NO2Si. The molecule has 2 aromatic carbocycles. The van der Waals surface area contributed by atoms with Crippen LogP contribution in [0.5, 0.6) is 0 Å². The Kier molecular flexibility index (Phi) is 5.50. The highest BCUT2D eigenvalue weighted by atomic mass is 28.3. The molecule has 1 atom stereocenters. The minimum Gasteiger partial charge on any atom is -0.480 e. The van der Waals surface area contributed by atoms with Gasteiger partial charge in [0.05, 0.1) is 5.71 Å². The lowest BCUT2D eigenvalue weighted by Crippen LogP contribution is -2.31. The highest BCUT2D eigenvalue weighted by Crippen LogP contribution is 2.18. The molecule has 3 nitrogen and oxygen atoms in total. The molecule has 0 heterocycles. The van der Waals surface area contributed by atoms with Gasteiger partial charge in [-0.2, -0.15) is 0 Å². The normalized spacial score (nSPS) is 12.5. The molecule has 120 valence electrons. The molecule has 0 aromatic heterocycles. The summed E-state index contributed by atoms with van der Waals surface area (Å²) in [7, 11) is -1.54. The summed E-state index contributed by atoms with van der Waals surface area (Å²) in [5.41, 5.74) is 2.64. The number of aliphatic imine (C=N–C) groups is 1. The standard InChI is InChI=1S/C19H23NO2Si/c1-23(2,3)14-17(19(21)22)20-18(15-10-6-4-7-11-15)16-12-8-5-9-13-16/h4-13,17H,14H2,1-3H3,(H,21,22)/t17-/m0/s1. The smallest absolute Gasteiger partial charge is 0.328 e. The predicted octanol–water partition coefficient (Wildman–Crippen LogP) is 4.32. The number of rotatable bonds is 6. The first-order chi connectivity index (χ1) is 10.9. The van der Waals surface area contributed by atoms with Crippen LogP contribution in [0.1, 0.15) is 11.1 Å². The van der Waals surface area contributed by atoms with E-state index >= 15 is 0 Å². The SMILES string of the molecule is C[Si](C)(C)C[C@H](N=C(c1ccccc1)c1ccccc1)C(=O)O. The zero-order valence-electron chi connectivity index (χ0n) is 13.9. The molecule has 23 heavy (non-hydrogen) atoms. The van der Waals surface area contributed by atoms with Crippen molar-refractivity contribution in [3.05, 3.63) is 71.8 Å². The average Bonchev–Trinajstić information content (AvgIpc) is 2.52. The van der Waals surface area contributed by atoms with Crippen LogP contribution in [0.3, 0.4) is 0 Å². The van der Waals surface area contributed by atoms with Gasteiger partial charge < -0.3 is 5.11 Å². The Labute approximate surface area is 138 Å². The second-order valence-corrected chi connectivity index (χ2v) is 12.4. The van der Waals surface area contributed by atoms with Crippen molar-refractivity contribution < 1.29 is 9.90 Å². The minimum atomic E-state index is -1.54. The van der Waals surface area contributed by atoms with Crippen molar-refractivity contribution in [3.8, 4) is 0 Å². The van der Waals surface area contributed by atoms with Crippen molar-refractivity contribution in [2.75, 3.05) is 0 Å². The molecule has 4 heteroatoms. The fourth-order valence-corrected chi connectivity index (χ4v) is 3.86. The maximum Gasteiger partial charge on any atom is 0.328 e. The first-order valence-corrected chi connectivity index (χ1v) is 11.5. The molecule has 0 saturated carbocycles. The molecule has 0 aliphatic rings. The van der Waals surface area contributed by atoms with Gasteiger partial charge in [0, 0.05) is 19.2 Å². The van der Waals surface area contributed by atoms with Crippen LogP contribution in [-0.2, 0) is 4.79 Å². The van der Waals surface area contributed by atoms with Crippen molar-refractivity contribution in [3.63, 3.8) is 0 Å². The first-order valence-electron chi connectivity index (χ1n) is 7.78. The molecule has 0 bridgehead atoms. The summed E-state index contributed by atoms with van der Waals surface area (Å²) in [4.78, 5) is 16.3. The maximum absolute atomic E-state index is 11.7. The van der Waals surface area contributed by atoms with Crippen LogP contribution < -0.4 is 0 Å². The van der Waals surface area contributed by atoms with Crippen LogP contribution in [0.25, 0.3) is 0 Å². The van der Waals surface area contributed by atoms with Gasteiger partial charge in [-0.1, -0.05) is 80.3 Å². The number of benzene rings is 2. The summed E-state index contributed by atoms with van der Waals surface area (Å²) < 4.78 is 0.